The third kappa shape index (κ3) is 40.4. The summed E-state index contributed by atoms with van der Waals surface area (Å²) in [6.45, 7) is 7.69. The van der Waals surface area contributed by atoms with Crippen molar-refractivity contribution in [1.29, 1.82) is 26.3 Å². The first-order valence-electron chi connectivity index (χ1n) is 32.1. The predicted octanol–water partition coefficient (Wildman–Crippen LogP) is 7.20. The number of unbranched alkanes of at least 4 members (excludes halogenated alkanes) is 23. The number of isocyanates is 2. The van der Waals surface area contributed by atoms with Crippen molar-refractivity contribution in [3.05, 3.63) is 58.2 Å². The lowest BCUT2D eigenvalue weighted by Crippen LogP contribution is -2.54. The molecule has 92 heavy (non-hydrogen) atoms. The molecule has 0 aliphatic heterocycles. The monoisotopic (exact) mass is 1290 g/mol. The van der Waals surface area contributed by atoms with Crippen molar-refractivity contribution in [1.82, 2.24) is 38.4 Å². The van der Waals surface area contributed by atoms with Crippen LogP contribution in [-0.4, -0.2) is 111 Å². The Balaban J connectivity index is 0.00000136. The number of imide groups is 1. The van der Waals surface area contributed by atoms with Gasteiger partial charge in [0.2, 0.25) is 12.2 Å². The van der Waals surface area contributed by atoms with Gasteiger partial charge in [-0.3, -0.25) is 0 Å². The van der Waals surface area contributed by atoms with Crippen LogP contribution < -0.4 is 44.8 Å². The molecule has 2 heterocycles. The van der Waals surface area contributed by atoms with Crippen LogP contribution in [0.4, 0.5) is 9.59 Å². The fourth-order valence-corrected chi connectivity index (χ4v) is 8.87. The highest BCUT2D eigenvalue weighted by Crippen LogP contribution is 2.08. The summed E-state index contributed by atoms with van der Waals surface area (Å²) in [4.78, 5) is 120. The van der Waals surface area contributed by atoms with E-state index in [4.69, 9.17) is 30.7 Å². The third-order valence-electron chi connectivity index (χ3n) is 13.9. The number of aromatic nitrogens is 5. The maximum absolute atomic E-state index is 12.7. The highest BCUT2D eigenvalue weighted by Gasteiger charge is 2.21. The number of nitrogens with one attached hydrogen (secondary N) is 2. The minimum absolute atomic E-state index is 0.00323. The molecular formula is C61H96N16O15. The predicted molar refractivity (Wildman–Crippen MR) is 334 cm³/mol. The molecule has 510 valence electrons. The van der Waals surface area contributed by atoms with Crippen molar-refractivity contribution >= 4 is 24.2 Å². The van der Waals surface area contributed by atoms with Crippen molar-refractivity contribution < 1.29 is 47.3 Å². The number of nitriles is 5. The lowest BCUT2D eigenvalue weighted by molar-refractivity contribution is 0.157. The van der Waals surface area contributed by atoms with Crippen molar-refractivity contribution in [2.75, 3.05) is 59.1 Å². The van der Waals surface area contributed by atoms with Gasteiger partial charge in [-0.15, -0.1) is 0 Å². The van der Waals surface area contributed by atoms with Gasteiger partial charge in [0.25, 0.3) is 31.3 Å². The summed E-state index contributed by atoms with van der Waals surface area (Å²) in [5.41, 5.74) is -2.77. The van der Waals surface area contributed by atoms with E-state index in [1.54, 1.807) is 18.8 Å². The maximum Gasteiger partial charge on any atom is 0.428 e. The second-order valence-electron chi connectivity index (χ2n) is 21.0. The van der Waals surface area contributed by atoms with Crippen LogP contribution in [0.25, 0.3) is 0 Å². The number of urea groups is 2. The summed E-state index contributed by atoms with van der Waals surface area (Å²) < 4.78 is 33.0. The van der Waals surface area contributed by atoms with Crippen LogP contribution in [0.5, 0.6) is 0 Å². The molecule has 31 heteroatoms. The van der Waals surface area contributed by atoms with Crippen molar-refractivity contribution in [2.45, 2.75) is 240 Å². The zero-order valence-electron chi connectivity index (χ0n) is 54.0. The van der Waals surface area contributed by atoms with Gasteiger partial charge in [0.15, 0.2) is 13.5 Å². The molecule has 0 bridgehead atoms. The molecule has 31 nitrogen and oxygen atoms in total. The normalized spacial score (nSPS) is 10.3. The Morgan fingerprint density at radius 2 is 0.772 bits per heavy atom. The fourth-order valence-electron chi connectivity index (χ4n) is 8.87. The molecule has 4 amide bonds. The van der Waals surface area contributed by atoms with Gasteiger partial charge in [0.05, 0.1) is 13.1 Å². The van der Waals surface area contributed by atoms with Crippen molar-refractivity contribution in [2.24, 2.45) is 15.0 Å². The second kappa shape index (κ2) is 59.4. The Labute approximate surface area is 537 Å². The highest BCUT2D eigenvalue weighted by atomic mass is 16.5. The standard InChI is InChI=1S/C23H38N6O5.2C19H29N5O5/c24-19-34-18-12-6-4-10-16-28-23(33)29(17-11-5-3-8-14-26-21-31)22(32)27-15-9-2-1-7-13-25-20-30;1-2-3-4-5-8-11-22-17-23(12-9-6-7-10-13-27-14-20)18(25)24(16-28-15-21)19(26)29-17;1-2-3-4-5-8-11-22-17(25)23(12-9-6-7-10-13-28-14-20)19(27)24(18(22)26)16-29-15-21/h1-18H2,(H,27,32)(H,28,33);2*2-13,16H2,1H3. The van der Waals surface area contributed by atoms with Gasteiger partial charge in [-0.25, -0.2) is 81.3 Å². The quantitative estimate of drug-likeness (QED) is 0.0286. The smallest absolute Gasteiger partial charge is 0.428 e. The highest BCUT2D eigenvalue weighted by molar-refractivity contribution is 5.93. The van der Waals surface area contributed by atoms with E-state index in [9.17, 15) is 43.2 Å². The summed E-state index contributed by atoms with van der Waals surface area (Å²) in [6.07, 6.45) is 36.5. The number of carbonyl (C=O) groups is 2. The molecule has 0 aliphatic carbocycles. The van der Waals surface area contributed by atoms with E-state index in [1.165, 1.54) is 40.6 Å². The molecule has 2 aromatic rings. The van der Waals surface area contributed by atoms with Gasteiger partial charge in [0.1, 0.15) is 19.8 Å². The van der Waals surface area contributed by atoms with Crippen LogP contribution in [0.3, 0.4) is 0 Å². The molecule has 2 aromatic heterocycles. The number of ether oxygens (including phenoxy) is 5. The molecule has 0 fully saturated rings. The van der Waals surface area contributed by atoms with Gasteiger partial charge in [-0.05, 0) is 96.3 Å². The van der Waals surface area contributed by atoms with E-state index >= 15 is 0 Å². The van der Waals surface area contributed by atoms with Crippen LogP contribution in [0, 0.1) is 57.6 Å². The number of carbonyl (C=O) groups excluding carboxylic acids is 4. The van der Waals surface area contributed by atoms with E-state index in [1.807, 2.05) is 0 Å². The van der Waals surface area contributed by atoms with Gasteiger partial charge >= 0.3 is 46.3 Å². The van der Waals surface area contributed by atoms with E-state index in [2.05, 4.69) is 63.1 Å². The summed E-state index contributed by atoms with van der Waals surface area (Å²) in [6, 6.07) is -0.829. The molecule has 2 N–H and O–H groups in total. The third-order valence-corrected chi connectivity index (χ3v) is 13.9. The molecular weight excluding hydrogens is 1200 g/mol. The number of rotatable bonds is 51. The number of amides is 4. The fraction of sp³-hybridized carbons (Fsp3) is 0.754. The van der Waals surface area contributed by atoms with Crippen LogP contribution in [0.1, 0.15) is 206 Å². The Hall–Kier alpha value is -9.23. The van der Waals surface area contributed by atoms with E-state index in [0.29, 0.717) is 97.7 Å². The van der Waals surface area contributed by atoms with E-state index in [-0.39, 0.29) is 18.8 Å². The topological polar surface area (TPSA) is 421 Å². The molecule has 0 spiro atoms. The zero-order valence-corrected chi connectivity index (χ0v) is 54.0. The molecule has 0 atom stereocenters. The molecule has 0 aliphatic rings. The number of hydrogen-bond donors (Lipinski definition) is 2. The Bertz CT molecular complexity index is 3050. The first-order chi connectivity index (χ1) is 44.9. The average molecular weight is 1290 g/mol. The van der Waals surface area contributed by atoms with E-state index in [0.717, 1.165) is 172 Å². The zero-order chi connectivity index (χ0) is 67.9. The molecule has 0 unspecified atom stereocenters. The minimum Gasteiger partial charge on any atom is -0.428 e. The van der Waals surface area contributed by atoms with Crippen LogP contribution in [-0.2, 0) is 66.4 Å². The number of aliphatic imine (C=N–C) groups is 2. The van der Waals surface area contributed by atoms with Crippen molar-refractivity contribution in [3.63, 3.8) is 0 Å². The summed E-state index contributed by atoms with van der Waals surface area (Å²) in [7, 11) is 0. The van der Waals surface area contributed by atoms with Crippen LogP contribution >= 0.6 is 0 Å². The lowest BCUT2D eigenvalue weighted by atomic mass is 10.1. The molecule has 0 saturated heterocycles. The first-order valence-corrected chi connectivity index (χ1v) is 32.1. The second-order valence-corrected chi connectivity index (χ2v) is 21.0. The first kappa shape index (κ1) is 82.8. The minimum atomic E-state index is -0.903. The van der Waals surface area contributed by atoms with Crippen LogP contribution in [0.2, 0.25) is 0 Å². The number of hydrogen-bond acceptors (Lipinski definition) is 23. The summed E-state index contributed by atoms with van der Waals surface area (Å²) in [5, 5.41) is 47.7. The van der Waals surface area contributed by atoms with Crippen LogP contribution in [0.15, 0.2) is 43.4 Å². The van der Waals surface area contributed by atoms with Gasteiger partial charge < -0.3 is 38.7 Å². The SMILES string of the molecule is CCCCCCCN=c1oc(=O)n(COC#N)c(=O)n1CCCCCCOC#N.CCCCCCCn1c(=O)n(CCCCCCOC#N)c(=O)n(COC#N)c1=O.N#COCCCCCCNC(=O)N(CCCCCCN=C=O)C(=O)NCCCCCCN=C=O. The average Bonchev–Trinajstić information content (AvgIpc) is 0.897. The molecule has 0 saturated carbocycles. The Morgan fingerprint density at radius 3 is 1.20 bits per heavy atom. The molecule has 2 rings (SSSR count). The van der Waals surface area contributed by atoms with Crippen molar-refractivity contribution in [3.8, 4) is 31.3 Å². The van der Waals surface area contributed by atoms with Gasteiger partial charge in [-0.1, -0.05) is 110 Å². The molecule has 0 radical (unpaired) electrons. The number of nitrogens with zero attached hydrogens (tertiary/aromatic N) is 14. The largest absolute Gasteiger partial charge is 0.428 e. The van der Waals surface area contributed by atoms with E-state index < -0.39 is 54.0 Å². The summed E-state index contributed by atoms with van der Waals surface area (Å²) in [5.74, 6) is -0.903. The van der Waals surface area contributed by atoms with Gasteiger partial charge in [0, 0.05) is 45.8 Å². The Kier molecular flexibility index (Phi) is 53.4. The van der Waals surface area contributed by atoms with Gasteiger partial charge in [-0.2, -0.15) is 30.9 Å². The Morgan fingerprint density at radius 1 is 0.424 bits per heavy atom. The molecule has 0 aromatic carbocycles. The summed E-state index contributed by atoms with van der Waals surface area (Å²) >= 11 is 0. The maximum atomic E-state index is 12.7. The lowest BCUT2D eigenvalue weighted by Gasteiger charge is -2.22.